The molecule has 0 bridgehead atoms. The van der Waals surface area contributed by atoms with Crippen LogP contribution in [-0.2, 0) is 0 Å². The molecule has 0 aliphatic rings. The molecule has 0 saturated heterocycles. The van der Waals surface area contributed by atoms with E-state index in [4.69, 9.17) is 17.3 Å². The van der Waals surface area contributed by atoms with Crippen molar-refractivity contribution >= 4 is 29.4 Å². The van der Waals surface area contributed by atoms with Gasteiger partial charge in [0.1, 0.15) is 0 Å². The van der Waals surface area contributed by atoms with E-state index in [1.807, 2.05) is 0 Å². The zero-order valence-electron chi connectivity index (χ0n) is 7.99. The molecule has 0 unspecified atom stereocenters. The van der Waals surface area contributed by atoms with Gasteiger partial charge in [-0.05, 0) is 12.1 Å². The van der Waals surface area contributed by atoms with Crippen molar-refractivity contribution in [2.24, 2.45) is 10.7 Å². The third-order valence-corrected chi connectivity index (χ3v) is 1.77. The number of hydrogen-bond donors (Lipinski definition) is 3. The van der Waals surface area contributed by atoms with Gasteiger partial charge in [-0.1, -0.05) is 11.6 Å². The third-order valence-electron chi connectivity index (χ3n) is 1.46. The molecule has 0 radical (unpaired) electrons. The van der Waals surface area contributed by atoms with Crippen LogP contribution in [0, 0.1) is 0 Å². The highest BCUT2D eigenvalue weighted by Gasteiger charge is 2.05. The number of pyridine rings is 1. The first-order chi connectivity index (χ1) is 7.13. The van der Waals surface area contributed by atoms with Crippen molar-refractivity contribution in [2.75, 3.05) is 12.4 Å². The molecule has 0 atom stereocenters. The minimum atomic E-state index is -0.713. The van der Waals surface area contributed by atoms with E-state index in [1.54, 1.807) is 18.3 Å². The number of urea groups is 1. The molecular weight excluding hydrogens is 218 g/mol. The molecule has 0 spiro atoms. The third kappa shape index (κ3) is 3.43. The number of rotatable bonds is 1. The number of carbonyl (C=O) groups is 1. The fourth-order valence-electron chi connectivity index (χ4n) is 0.850. The number of nitrogens with two attached hydrogens (primary N) is 1. The van der Waals surface area contributed by atoms with E-state index in [2.05, 4.69) is 20.6 Å². The van der Waals surface area contributed by atoms with E-state index in [1.165, 1.54) is 7.05 Å². The van der Waals surface area contributed by atoms with Crippen molar-refractivity contribution in [3.63, 3.8) is 0 Å². The van der Waals surface area contributed by atoms with Crippen LogP contribution in [0.4, 0.5) is 10.6 Å². The van der Waals surface area contributed by atoms with Crippen LogP contribution >= 0.6 is 11.6 Å². The SMILES string of the molecule is CN=C(NC(N)=O)Nc1ncccc1Cl. The van der Waals surface area contributed by atoms with Crippen LogP contribution in [-0.4, -0.2) is 24.0 Å². The maximum atomic E-state index is 10.6. The van der Waals surface area contributed by atoms with E-state index in [0.29, 0.717) is 10.8 Å². The molecule has 1 rings (SSSR count). The van der Waals surface area contributed by atoms with Gasteiger partial charge in [-0.25, -0.2) is 9.78 Å². The Kier molecular flexibility index (Phi) is 3.87. The lowest BCUT2D eigenvalue weighted by Gasteiger charge is -2.08. The van der Waals surface area contributed by atoms with Crippen molar-refractivity contribution in [3.05, 3.63) is 23.4 Å². The maximum Gasteiger partial charge on any atom is 0.318 e. The number of halogens is 1. The molecule has 0 aromatic carbocycles. The Morgan fingerprint density at radius 1 is 1.67 bits per heavy atom. The Bertz CT molecular complexity index is 392. The van der Waals surface area contributed by atoms with E-state index >= 15 is 0 Å². The Labute approximate surface area is 91.5 Å². The lowest BCUT2D eigenvalue weighted by atomic mass is 10.4. The van der Waals surface area contributed by atoms with Crippen molar-refractivity contribution < 1.29 is 4.79 Å². The number of anilines is 1. The highest BCUT2D eigenvalue weighted by Crippen LogP contribution is 2.16. The highest BCUT2D eigenvalue weighted by atomic mass is 35.5. The molecule has 0 aliphatic heterocycles. The van der Waals surface area contributed by atoms with Gasteiger partial charge in [0.2, 0.25) is 5.96 Å². The van der Waals surface area contributed by atoms with Gasteiger partial charge >= 0.3 is 6.03 Å². The van der Waals surface area contributed by atoms with Crippen LogP contribution in [0.15, 0.2) is 23.3 Å². The number of amides is 2. The van der Waals surface area contributed by atoms with Crippen molar-refractivity contribution in [3.8, 4) is 0 Å². The summed E-state index contributed by atoms with van der Waals surface area (Å²) < 4.78 is 0. The molecule has 0 fully saturated rings. The number of aromatic nitrogens is 1. The van der Waals surface area contributed by atoms with E-state index < -0.39 is 6.03 Å². The molecule has 4 N–H and O–H groups in total. The average Bonchev–Trinajstić information content (AvgIpc) is 2.19. The Morgan fingerprint density at radius 3 is 2.93 bits per heavy atom. The number of guanidine groups is 1. The predicted octanol–water partition coefficient (Wildman–Crippen LogP) is 0.801. The minimum Gasteiger partial charge on any atom is -0.351 e. The van der Waals surface area contributed by atoms with Crippen LogP contribution in [0.3, 0.4) is 0 Å². The monoisotopic (exact) mass is 227 g/mol. The summed E-state index contributed by atoms with van der Waals surface area (Å²) in [4.78, 5) is 18.3. The van der Waals surface area contributed by atoms with E-state index in [0.717, 1.165) is 0 Å². The van der Waals surface area contributed by atoms with Gasteiger partial charge in [0, 0.05) is 13.2 Å². The van der Waals surface area contributed by atoms with Gasteiger partial charge in [-0.2, -0.15) is 0 Å². The van der Waals surface area contributed by atoms with Gasteiger partial charge in [0.05, 0.1) is 5.02 Å². The number of hydrogen-bond acceptors (Lipinski definition) is 3. The largest absolute Gasteiger partial charge is 0.351 e. The smallest absolute Gasteiger partial charge is 0.318 e. The van der Waals surface area contributed by atoms with Crippen LogP contribution in [0.1, 0.15) is 0 Å². The summed E-state index contributed by atoms with van der Waals surface area (Å²) in [6.07, 6.45) is 1.56. The Morgan fingerprint density at radius 2 is 2.40 bits per heavy atom. The Balaban J connectivity index is 2.76. The van der Waals surface area contributed by atoms with E-state index in [9.17, 15) is 4.79 Å². The second-order valence-electron chi connectivity index (χ2n) is 2.52. The number of aliphatic imine (C=N–C) groups is 1. The fraction of sp³-hybridized carbons (Fsp3) is 0.125. The van der Waals surface area contributed by atoms with Crippen molar-refractivity contribution in [1.82, 2.24) is 10.3 Å². The second-order valence-corrected chi connectivity index (χ2v) is 2.93. The lowest BCUT2D eigenvalue weighted by molar-refractivity contribution is 0.253. The average molecular weight is 228 g/mol. The first-order valence-electron chi connectivity index (χ1n) is 4.04. The molecule has 80 valence electrons. The number of nitrogens with zero attached hydrogens (tertiary/aromatic N) is 2. The topological polar surface area (TPSA) is 92.4 Å². The zero-order chi connectivity index (χ0) is 11.3. The van der Waals surface area contributed by atoms with Crippen molar-refractivity contribution in [2.45, 2.75) is 0 Å². The molecule has 1 heterocycles. The molecule has 0 saturated carbocycles. The zero-order valence-corrected chi connectivity index (χ0v) is 8.75. The van der Waals surface area contributed by atoms with Gasteiger partial charge in [0.15, 0.2) is 5.82 Å². The standard InChI is InChI=1S/C8H10ClN5O/c1-11-8(14-7(10)15)13-6-5(9)3-2-4-12-6/h2-4H,1H3,(H4,10,11,12,13,14,15). The summed E-state index contributed by atoms with van der Waals surface area (Å²) in [5, 5.41) is 5.43. The first-order valence-corrected chi connectivity index (χ1v) is 4.42. The number of carbonyl (C=O) groups excluding carboxylic acids is 1. The molecule has 15 heavy (non-hydrogen) atoms. The summed E-state index contributed by atoms with van der Waals surface area (Å²) >= 11 is 5.84. The minimum absolute atomic E-state index is 0.183. The molecule has 1 aromatic rings. The second kappa shape index (κ2) is 5.16. The Hall–Kier alpha value is -1.82. The predicted molar refractivity (Wildman–Crippen MR) is 58.9 cm³/mol. The maximum absolute atomic E-state index is 10.6. The summed E-state index contributed by atoms with van der Waals surface area (Å²) in [6, 6.07) is 2.64. The number of nitrogens with one attached hydrogen (secondary N) is 2. The summed E-state index contributed by atoms with van der Waals surface area (Å²) in [6.45, 7) is 0. The normalized spacial score (nSPS) is 10.9. The molecule has 2 amide bonds. The van der Waals surface area contributed by atoms with Crippen molar-refractivity contribution in [1.29, 1.82) is 0 Å². The van der Waals surface area contributed by atoms with Crippen LogP contribution in [0.2, 0.25) is 5.02 Å². The first kappa shape index (κ1) is 11.3. The van der Waals surface area contributed by atoms with Crippen LogP contribution in [0.5, 0.6) is 0 Å². The van der Waals surface area contributed by atoms with E-state index in [-0.39, 0.29) is 5.96 Å². The highest BCUT2D eigenvalue weighted by molar-refractivity contribution is 6.33. The summed E-state index contributed by atoms with van der Waals surface area (Å²) in [7, 11) is 1.50. The van der Waals surface area contributed by atoms with Gasteiger partial charge in [0.25, 0.3) is 0 Å². The fourth-order valence-corrected chi connectivity index (χ4v) is 1.02. The van der Waals surface area contributed by atoms with Crippen LogP contribution in [0.25, 0.3) is 0 Å². The quantitative estimate of drug-likeness (QED) is 0.489. The molecule has 0 aliphatic carbocycles. The van der Waals surface area contributed by atoms with Gasteiger partial charge < -0.3 is 11.1 Å². The summed E-state index contributed by atoms with van der Waals surface area (Å²) in [5.41, 5.74) is 4.94. The van der Waals surface area contributed by atoms with Crippen LogP contribution < -0.4 is 16.4 Å². The lowest BCUT2D eigenvalue weighted by Crippen LogP contribution is -2.39. The molecular formula is C8H10ClN5O. The number of primary amides is 1. The van der Waals surface area contributed by atoms with Gasteiger partial charge in [-0.15, -0.1) is 0 Å². The summed E-state index contributed by atoms with van der Waals surface area (Å²) in [5.74, 6) is 0.580. The van der Waals surface area contributed by atoms with Gasteiger partial charge in [-0.3, -0.25) is 10.3 Å². The molecule has 7 heteroatoms. The molecule has 6 nitrogen and oxygen atoms in total. The molecule has 1 aromatic heterocycles.